The first-order valence-corrected chi connectivity index (χ1v) is 12.5. The number of hydrogen-bond acceptors (Lipinski definition) is 7. The fraction of sp³-hybridized carbons (Fsp3) is 0.407. The molecule has 8 nitrogen and oxygen atoms in total. The van der Waals surface area contributed by atoms with Gasteiger partial charge in [0, 0.05) is 48.5 Å². The van der Waals surface area contributed by atoms with Crippen molar-refractivity contribution in [1.82, 2.24) is 15.0 Å². The monoisotopic (exact) mass is 472 g/mol. The highest BCUT2D eigenvalue weighted by molar-refractivity contribution is 6.04. The largest absolute Gasteiger partial charge is 0.474 e. The molecular weight excluding hydrogens is 440 g/mol. The Balaban J connectivity index is 1.18. The van der Waals surface area contributed by atoms with Crippen LogP contribution in [0, 0.1) is 6.92 Å². The molecule has 1 aromatic carbocycles. The van der Waals surface area contributed by atoms with E-state index in [0.717, 1.165) is 49.1 Å². The van der Waals surface area contributed by atoms with Gasteiger partial charge in [0.05, 0.1) is 5.56 Å². The number of nitrogens with zero attached hydrogens (tertiary/aromatic N) is 4. The molecule has 3 aromatic rings. The lowest BCUT2D eigenvalue weighted by Gasteiger charge is -2.27. The number of aryl methyl sites for hydroxylation is 1. The van der Waals surface area contributed by atoms with Crippen molar-refractivity contribution >= 4 is 29.0 Å². The van der Waals surface area contributed by atoms with Crippen LogP contribution in [0.25, 0.3) is 0 Å². The summed E-state index contributed by atoms with van der Waals surface area (Å²) in [5.41, 5.74) is 3.02. The van der Waals surface area contributed by atoms with E-state index in [-0.39, 0.29) is 12.0 Å². The van der Waals surface area contributed by atoms with E-state index in [4.69, 9.17) is 9.72 Å². The Morgan fingerprint density at radius 3 is 2.40 bits per heavy atom. The minimum atomic E-state index is -0.205. The predicted octanol–water partition coefficient (Wildman–Crippen LogP) is 5.49. The number of amides is 1. The number of aromatic nitrogens is 3. The van der Waals surface area contributed by atoms with Crippen LogP contribution in [0.4, 0.5) is 23.1 Å². The van der Waals surface area contributed by atoms with Gasteiger partial charge in [-0.1, -0.05) is 0 Å². The maximum atomic E-state index is 12.6. The fourth-order valence-corrected chi connectivity index (χ4v) is 4.60. The molecule has 2 N–H and O–H groups in total. The number of hydrogen-bond donors (Lipinski definition) is 2. The van der Waals surface area contributed by atoms with Crippen molar-refractivity contribution in [3.05, 3.63) is 59.9 Å². The van der Waals surface area contributed by atoms with Crippen molar-refractivity contribution in [2.75, 3.05) is 28.6 Å². The van der Waals surface area contributed by atoms with Gasteiger partial charge in [0.15, 0.2) is 0 Å². The SMILES string of the molecule is Cc1cc(Nc2ccc(NC(=O)c3ccc(OC4CCCC4)nc3)cc2)nc(N2CCCCC2)n1. The summed E-state index contributed by atoms with van der Waals surface area (Å²) in [6.07, 6.45) is 10.0. The van der Waals surface area contributed by atoms with Crippen LogP contribution in [0.2, 0.25) is 0 Å². The van der Waals surface area contributed by atoms with Crippen molar-refractivity contribution in [2.24, 2.45) is 0 Å². The number of benzene rings is 1. The second-order valence-electron chi connectivity index (χ2n) is 9.31. The topological polar surface area (TPSA) is 92.3 Å². The zero-order valence-corrected chi connectivity index (χ0v) is 20.2. The molecule has 2 aliphatic rings. The van der Waals surface area contributed by atoms with Gasteiger partial charge in [0.1, 0.15) is 11.9 Å². The van der Waals surface area contributed by atoms with Gasteiger partial charge < -0.3 is 20.3 Å². The minimum absolute atomic E-state index is 0.205. The zero-order chi connectivity index (χ0) is 24.0. The average molecular weight is 473 g/mol. The fourth-order valence-electron chi connectivity index (χ4n) is 4.60. The summed E-state index contributed by atoms with van der Waals surface area (Å²) >= 11 is 0. The summed E-state index contributed by atoms with van der Waals surface area (Å²) in [7, 11) is 0. The van der Waals surface area contributed by atoms with Crippen LogP contribution in [0.5, 0.6) is 5.88 Å². The lowest BCUT2D eigenvalue weighted by atomic mass is 10.1. The average Bonchev–Trinajstić information content (AvgIpc) is 3.39. The Morgan fingerprint density at radius 2 is 1.69 bits per heavy atom. The number of anilines is 4. The third-order valence-corrected chi connectivity index (χ3v) is 6.48. The molecule has 3 heterocycles. The number of ether oxygens (including phenoxy) is 1. The standard InChI is InChI=1S/C27H32N6O2/c1-19-17-24(32-27(29-19)33-15-5-2-6-16-33)30-21-10-12-22(13-11-21)31-26(34)20-9-14-25(28-18-20)35-23-7-3-4-8-23/h9-14,17-18,23H,2-8,15-16H2,1H3,(H,31,34)(H,29,30,32). The van der Waals surface area contributed by atoms with Gasteiger partial charge in [0.2, 0.25) is 11.8 Å². The minimum Gasteiger partial charge on any atom is -0.474 e. The normalized spacial score (nSPS) is 16.2. The third kappa shape index (κ3) is 6.07. The third-order valence-electron chi connectivity index (χ3n) is 6.48. The molecule has 2 fully saturated rings. The number of carbonyl (C=O) groups is 1. The van der Waals surface area contributed by atoms with Crippen LogP contribution >= 0.6 is 0 Å². The highest BCUT2D eigenvalue weighted by Gasteiger charge is 2.17. The first kappa shape index (κ1) is 23.1. The summed E-state index contributed by atoms with van der Waals surface area (Å²) in [6, 6.07) is 13.0. The van der Waals surface area contributed by atoms with Crippen LogP contribution in [-0.4, -0.2) is 40.1 Å². The Labute approximate surface area is 206 Å². The van der Waals surface area contributed by atoms with E-state index < -0.39 is 0 Å². The first-order chi connectivity index (χ1) is 17.1. The molecule has 182 valence electrons. The lowest BCUT2D eigenvalue weighted by molar-refractivity contribution is 0.102. The molecule has 5 rings (SSSR count). The summed E-state index contributed by atoms with van der Waals surface area (Å²) in [5, 5.41) is 6.28. The molecule has 0 spiro atoms. The smallest absolute Gasteiger partial charge is 0.257 e. The van der Waals surface area contributed by atoms with Gasteiger partial charge >= 0.3 is 0 Å². The maximum Gasteiger partial charge on any atom is 0.257 e. The van der Waals surface area contributed by atoms with Crippen LogP contribution in [0.15, 0.2) is 48.7 Å². The van der Waals surface area contributed by atoms with Crippen molar-refractivity contribution in [3.8, 4) is 5.88 Å². The molecule has 1 aliphatic heterocycles. The van der Waals surface area contributed by atoms with Gasteiger partial charge in [-0.05, 0) is 82.2 Å². The highest BCUT2D eigenvalue weighted by atomic mass is 16.5. The van der Waals surface area contributed by atoms with E-state index >= 15 is 0 Å². The van der Waals surface area contributed by atoms with E-state index in [2.05, 4.69) is 25.5 Å². The van der Waals surface area contributed by atoms with Crippen molar-refractivity contribution < 1.29 is 9.53 Å². The quantitative estimate of drug-likeness (QED) is 0.470. The molecule has 0 radical (unpaired) electrons. The molecule has 35 heavy (non-hydrogen) atoms. The van der Waals surface area contributed by atoms with Crippen LogP contribution in [-0.2, 0) is 0 Å². The van der Waals surface area contributed by atoms with Gasteiger partial charge in [0.25, 0.3) is 5.91 Å². The van der Waals surface area contributed by atoms with Crippen LogP contribution < -0.4 is 20.3 Å². The number of carbonyl (C=O) groups excluding carboxylic acids is 1. The van der Waals surface area contributed by atoms with E-state index in [9.17, 15) is 4.79 Å². The first-order valence-electron chi connectivity index (χ1n) is 12.5. The molecule has 0 atom stereocenters. The van der Waals surface area contributed by atoms with Gasteiger partial charge in [-0.25, -0.2) is 9.97 Å². The summed E-state index contributed by atoms with van der Waals surface area (Å²) in [4.78, 5) is 28.5. The van der Waals surface area contributed by atoms with E-state index in [0.29, 0.717) is 17.1 Å². The molecule has 1 saturated carbocycles. The highest BCUT2D eigenvalue weighted by Crippen LogP contribution is 2.24. The molecule has 0 unspecified atom stereocenters. The summed E-state index contributed by atoms with van der Waals surface area (Å²) in [6.45, 7) is 3.99. The van der Waals surface area contributed by atoms with E-state index in [1.165, 1.54) is 32.1 Å². The Kier molecular flexibility index (Phi) is 7.07. The van der Waals surface area contributed by atoms with Crippen molar-refractivity contribution in [3.63, 3.8) is 0 Å². The Morgan fingerprint density at radius 1 is 0.943 bits per heavy atom. The summed E-state index contributed by atoms with van der Waals surface area (Å²) < 4.78 is 5.88. The second kappa shape index (κ2) is 10.7. The second-order valence-corrected chi connectivity index (χ2v) is 9.31. The van der Waals surface area contributed by atoms with Crippen LogP contribution in [0.1, 0.15) is 61.0 Å². The van der Waals surface area contributed by atoms with Gasteiger partial charge in [-0.15, -0.1) is 0 Å². The number of rotatable bonds is 7. The van der Waals surface area contributed by atoms with Gasteiger partial charge in [-0.2, -0.15) is 4.98 Å². The zero-order valence-electron chi connectivity index (χ0n) is 20.2. The maximum absolute atomic E-state index is 12.6. The summed E-state index contributed by atoms with van der Waals surface area (Å²) in [5.74, 6) is 1.92. The lowest BCUT2D eigenvalue weighted by Crippen LogP contribution is -2.31. The molecule has 0 bridgehead atoms. The van der Waals surface area contributed by atoms with Gasteiger partial charge in [-0.3, -0.25) is 4.79 Å². The molecule has 2 aromatic heterocycles. The van der Waals surface area contributed by atoms with E-state index in [1.807, 2.05) is 37.3 Å². The molecule has 1 amide bonds. The van der Waals surface area contributed by atoms with E-state index in [1.54, 1.807) is 18.3 Å². The van der Waals surface area contributed by atoms with Crippen molar-refractivity contribution in [1.29, 1.82) is 0 Å². The predicted molar refractivity (Wildman–Crippen MR) is 138 cm³/mol. The van der Waals surface area contributed by atoms with Crippen LogP contribution in [0.3, 0.4) is 0 Å². The Bertz CT molecular complexity index is 1140. The molecule has 1 saturated heterocycles. The number of nitrogens with one attached hydrogen (secondary N) is 2. The molecule has 8 heteroatoms. The number of piperidine rings is 1. The Hall–Kier alpha value is -3.68. The molecular formula is C27H32N6O2. The van der Waals surface area contributed by atoms with Crippen molar-refractivity contribution in [2.45, 2.75) is 58.0 Å². The molecule has 1 aliphatic carbocycles. The number of pyridine rings is 1.